The van der Waals surface area contributed by atoms with Gasteiger partial charge in [-0.15, -0.1) is 0 Å². The Morgan fingerprint density at radius 2 is 1.75 bits per heavy atom. The summed E-state index contributed by atoms with van der Waals surface area (Å²) in [6.07, 6.45) is 14.0. The van der Waals surface area contributed by atoms with Crippen molar-refractivity contribution >= 4 is 0 Å². The largest absolute Gasteiger partial charge is 0.390 e. The van der Waals surface area contributed by atoms with Gasteiger partial charge in [-0.2, -0.15) is 0 Å². The molecule has 0 aromatic heterocycles. The van der Waals surface area contributed by atoms with Crippen molar-refractivity contribution < 1.29 is 5.11 Å². The first kappa shape index (κ1) is 14.0. The normalized spacial score (nSPS) is 21.9. The maximum atomic E-state index is 10.3. The SMILES string of the molecule is CCCCCC(C)(O)CCC1CCCCC1. The van der Waals surface area contributed by atoms with Crippen LogP contribution in [0.5, 0.6) is 0 Å². The lowest BCUT2D eigenvalue weighted by molar-refractivity contribution is 0.0312. The first-order valence-electron chi connectivity index (χ1n) is 7.36. The van der Waals surface area contributed by atoms with Crippen molar-refractivity contribution in [1.29, 1.82) is 0 Å². The van der Waals surface area contributed by atoms with Crippen molar-refractivity contribution in [2.24, 2.45) is 5.92 Å². The molecule has 1 saturated carbocycles. The molecule has 1 nitrogen and oxygen atoms in total. The monoisotopic (exact) mass is 226 g/mol. The van der Waals surface area contributed by atoms with Gasteiger partial charge in [0.25, 0.3) is 0 Å². The Balaban J connectivity index is 2.13. The zero-order chi connectivity index (χ0) is 11.9. The molecule has 1 atom stereocenters. The van der Waals surface area contributed by atoms with Gasteiger partial charge in [-0.25, -0.2) is 0 Å². The number of rotatable bonds is 7. The molecular formula is C15H30O. The van der Waals surface area contributed by atoms with Crippen LogP contribution in [0.3, 0.4) is 0 Å². The smallest absolute Gasteiger partial charge is 0.0619 e. The van der Waals surface area contributed by atoms with Crippen molar-refractivity contribution in [1.82, 2.24) is 0 Å². The van der Waals surface area contributed by atoms with Gasteiger partial charge in [0.1, 0.15) is 0 Å². The number of hydrogen-bond acceptors (Lipinski definition) is 1. The summed E-state index contributed by atoms with van der Waals surface area (Å²) < 4.78 is 0. The maximum absolute atomic E-state index is 10.3. The third kappa shape index (κ3) is 5.89. The van der Waals surface area contributed by atoms with Crippen LogP contribution in [-0.2, 0) is 0 Å². The fraction of sp³-hybridized carbons (Fsp3) is 1.00. The van der Waals surface area contributed by atoms with Crippen LogP contribution in [0.1, 0.15) is 84.5 Å². The minimum Gasteiger partial charge on any atom is -0.390 e. The van der Waals surface area contributed by atoms with E-state index in [2.05, 4.69) is 6.92 Å². The van der Waals surface area contributed by atoms with Crippen LogP contribution in [0.25, 0.3) is 0 Å². The Morgan fingerprint density at radius 3 is 2.38 bits per heavy atom. The second-order valence-corrected chi connectivity index (χ2v) is 6.00. The number of aliphatic hydroxyl groups is 1. The summed E-state index contributed by atoms with van der Waals surface area (Å²) in [5, 5.41) is 10.3. The lowest BCUT2D eigenvalue weighted by Gasteiger charge is -2.28. The van der Waals surface area contributed by atoms with Crippen LogP contribution in [-0.4, -0.2) is 10.7 Å². The van der Waals surface area contributed by atoms with E-state index in [-0.39, 0.29) is 0 Å². The molecule has 16 heavy (non-hydrogen) atoms. The highest BCUT2D eigenvalue weighted by atomic mass is 16.3. The van der Waals surface area contributed by atoms with Gasteiger partial charge in [-0.05, 0) is 32.1 Å². The molecule has 1 aliphatic rings. The fourth-order valence-electron chi connectivity index (χ4n) is 2.87. The van der Waals surface area contributed by atoms with Gasteiger partial charge in [0.15, 0.2) is 0 Å². The standard InChI is InChI=1S/C15H30O/c1-3-4-8-12-15(2,16)13-11-14-9-6-5-7-10-14/h14,16H,3-13H2,1-2H3. The van der Waals surface area contributed by atoms with Gasteiger partial charge in [-0.1, -0.05) is 58.3 Å². The Kier molecular flexibility index (Phi) is 6.41. The van der Waals surface area contributed by atoms with E-state index in [0.717, 1.165) is 18.8 Å². The molecule has 0 amide bonds. The van der Waals surface area contributed by atoms with Gasteiger partial charge in [0, 0.05) is 0 Å². The van der Waals surface area contributed by atoms with Gasteiger partial charge in [-0.3, -0.25) is 0 Å². The first-order chi connectivity index (χ1) is 7.64. The van der Waals surface area contributed by atoms with E-state index in [0.29, 0.717) is 0 Å². The summed E-state index contributed by atoms with van der Waals surface area (Å²) in [7, 11) is 0. The Morgan fingerprint density at radius 1 is 1.06 bits per heavy atom. The third-order valence-corrected chi connectivity index (χ3v) is 4.13. The predicted molar refractivity (Wildman–Crippen MR) is 70.6 cm³/mol. The van der Waals surface area contributed by atoms with Crippen molar-refractivity contribution in [3.05, 3.63) is 0 Å². The van der Waals surface area contributed by atoms with Crippen LogP contribution >= 0.6 is 0 Å². The first-order valence-corrected chi connectivity index (χ1v) is 7.36. The van der Waals surface area contributed by atoms with Crippen molar-refractivity contribution in [2.45, 2.75) is 90.1 Å². The molecule has 1 fully saturated rings. The molecular weight excluding hydrogens is 196 g/mol. The summed E-state index contributed by atoms with van der Waals surface area (Å²) in [4.78, 5) is 0. The zero-order valence-corrected chi connectivity index (χ0v) is 11.3. The Labute approximate surface area is 102 Å². The highest BCUT2D eigenvalue weighted by Crippen LogP contribution is 2.30. The Bertz CT molecular complexity index is 168. The van der Waals surface area contributed by atoms with Gasteiger partial charge < -0.3 is 5.11 Å². The lowest BCUT2D eigenvalue weighted by Crippen LogP contribution is -2.25. The molecule has 0 spiro atoms. The van der Waals surface area contributed by atoms with E-state index in [9.17, 15) is 5.11 Å². The molecule has 1 rings (SSSR count). The van der Waals surface area contributed by atoms with E-state index >= 15 is 0 Å². The molecule has 0 aliphatic heterocycles. The summed E-state index contributed by atoms with van der Waals surface area (Å²) in [5.41, 5.74) is -0.396. The predicted octanol–water partition coefficient (Wildman–Crippen LogP) is 4.68. The number of hydrogen-bond donors (Lipinski definition) is 1. The molecule has 0 bridgehead atoms. The molecule has 1 heteroatoms. The second kappa shape index (κ2) is 7.32. The summed E-state index contributed by atoms with van der Waals surface area (Å²) in [6.45, 7) is 4.25. The van der Waals surface area contributed by atoms with E-state index in [1.807, 2.05) is 6.92 Å². The van der Waals surface area contributed by atoms with Crippen LogP contribution in [0, 0.1) is 5.92 Å². The van der Waals surface area contributed by atoms with Crippen molar-refractivity contribution in [3.8, 4) is 0 Å². The summed E-state index contributed by atoms with van der Waals surface area (Å²) in [6, 6.07) is 0. The van der Waals surface area contributed by atoms with Gasteiger partial charge in [0.05, 0.1) is 5.60 Å². The average Bonchev–Trinajstić information content (AvgIpc) is 2.28. The number of unbranched alkanes of at least 4 members (excludes halogenated alkanes) is 2. The minimum atomic E-state index is -0.396. The molecule has 1 N–H and O–H groups in total. The van der Waals surface area contributed by atoms with E-state index in [4.69, 9.17) is 0 Å². The highest BCUT2D eigenvalue weighted by molar-refractivity contribution is 4.75. The molecule has 0 heterocycles. The minimum absolute atomic E-state index is 0.396. The average molecular weight is 226 g/mol. The van der Waals surface area contributed by atoms with Crippen LogP contribution in [0.4, 0.5) is 0 Å². The molecule has 0 saturated heterocycles. The maximum Gasteiger partial charge on any atom is 0.0619 e. The summed E-state index contributed by atoms with van der Waals surface area (Å²) in [5.74, 6) is 0.909. The topological polar surface area (TPSA) is 20.2 Å². The molecule has 1 unspecified atom stereocenters. The zero-order valence-electron chi connectivity index (χ0n) is 11.3. The second-order valence-electron chi connectivity index (χ2n) is 6.00. The molecule has 0 radical (unpaired) electrons. The quantitative estimate of drug-likeness (QED) is 0.625. The van der Waals surface area contributed by atoms with E-state index < -0.39 is 5.60 Å². The van der Waals surface area contributed by atoms with Crippen LogP contribution < -0.4 is 0 Å². The molecule has 1 aliphatic carbocycles. The van der Waals surface area contributed by atoms with E-state index in [1.54, 1.807) is 0 Å². The van der Waals surface area contributed by atoms with Crippen molar-refractivity contribution in [2.75, 3.05) is 0 Å². The van der Waals surface area contributed by atoms with Crippen LogP contribution in [0.2, 0.25) is 0 Å². The molecule has 0 aromatic rings. The molecule has 0 aromatic carbocycles. The highest BCUT2D eigenvalue weighted by Gasteiger charge is 2.22. The van der Waals surface area contributed by atoms with Crippen molar-refractivity contribution in [3.63, 3.8) is 0 Å². The fourth-order valence-corrected chi connectivity index (χ4v) is 2.87. The van der Waals surface area contributed by atoms with Gasteiger partial charge in [0.2, 0.25) is 0 Å². The Hall–Kier alpha value is -0.0400. The van der Waals surface area contributed by atoms with Crippen LogP contribution in [0.15, 0.2) is 0 Å². The van der Waals surface area contributed by atoms with E-state index in [1.165, 1.54) is 57.8 Å². The molecule has 96 valence electrons. The van der Waals surface area contributed by atoms with Gasteiger partial charge >= 0.3 is 0 Å². The lowest BCUT2D eigenvalue weighted by atomic mass is 9.82. The third-order valence-electron chi connectivity index (χ3n) is 4.13. The summed E-state index contributed by atoms with van der Waals surface area (Å²) >= 11 is 0.